The summed E-state index contributed by atoms with van der Waals surface area (Å²) >= 11 is 3.60. The monoisotopic (exact) mass is 330 g/mol. The highest BCUT2D eigenvalue weighted by molar-refractivity contribution is 9.10. The lowest BCUT2D eigenvalue weighted by molar-refractivity contribution is 0.112. The first kappa shape index (κ1) is 13.4. The molecule has 3 rings (SSSR count). The zero-order chi connectivity index (χ0) is 14.1. The maximum atomic E-state index is 10.8. The molecule has 0 N–H and O–H groups in total. The number of hydrogen-bond donors (Lipinski definition) is 0. The largest absolute Gasteiger partial charge is 0.486 e. The maximum absolute atomic E-state index is 10.8. The van der Waals surface area contributed by atoms with E-state index < -0.39 is 0 Å². The fraction of sp³-hybridized carbons (Fsp3) is 0.235. The van der Waals surface area contributed by atoms with Gasteiger partial charge in [-0.15, -0.1) is 0 Å². The molecule has 0 heterocycles. The lowest BCUT2D eigenvalue weighted by atomic mass is 10.1. The summed E-state index contributed by atoms with van der Waals surface area (Å²) in [7, 11) is 0. The highest BCUT2D eigenvalue weighted by atomic mass is 79.9. The molecule has 0 bridgehead atoms. The summed E-state index contributed by atoms with van der Waals surface area (Å²) in [5, 5.41) is 0. The average Bonchev–Trinajstić information content (AvgIpc) is 2.84. The van der Waals surface area contributed by atoms with Crippen LogP contribution in [0.4, 0.5) is 0 Å². The van der Waals surface area contributed by atoms with Crippen molar-refractivity contribution < 1.29 is 9.53 Å². The van der Waals surface area contributed by atoms with Crippen molar-refractivity contribution in [1.29, 1.82) is 0 Å². The SMILES string of the molecule is Cc1cc(OC2CCc3c(Br)cccc32)ccc1C=O. The molecule has 1 atom stereocenters. The van der Waals surface area contributed by atoms with Gasteiger partial charge in [-0.25, -0.2) is 0 Å². The van der Waals surface area contributed by atoms with E-state index in [1.165, 1.54) is 11.1 Å². The zero-order valence-corrected chi connectivity index (χ0v) is 12.8. The fourth-order valence-corrected chi connectivity index (χ4v) is 3.29. The molecular formula is C17H15BrO2. The second kappa shape index (κ2) is 5.41. The lowest BCUT2D eigenvalue weighted by Gasteiger charge is -2.16. The van der Waals surface area contributed by atoms with Crippen molar-refractivity contribution in [2.24, 2.45) is 0 Å². The number of ether oxygens (including phenoxy) is 1. The molecule has 2 aromatic carbocycles. The van der Waals surface area contributed by atoms with Crippen LogP contribution in [0.3, 0.4) is 0 Å². The van der Waals surface area contributed by atoms with Crippen molar-refractivity contribution in [3.8, 4) is 5.75 Å². The standard InChI is InChI=1S/C17H15BrO2/c1-11-9-13(6-5-12(11)10-19)20-17-8-7-14-15(17)3-2-4-16(14)18/h2-6,9-10,17H,7-8H2,1H3. The van der Waals surface area contributed by atoms with Crippen LogP contribution in [0.15, 0.2) is 40.9 Å². The summed E-state index contributed by atoms with van der Waals surface area (Å²) in [6.07, 6.45) is 3.00. The highest BCUT2D eigenvalue weighted by Crippen LogP contribution is 2.38. The number of aldehydes is 1. The minimum atomic E-state index is 0.101. The summed E-state index contributed by atoms with van der Waals surface area (Å²) in [4.78, 5) is 10.8. The Kier molecular flexibility index (Phi) is 3.62. The zero-order valence-electron chi connectivity index (χ0n) is 11.2. The van der Waals surface area contributed by atoms with Crippen molar-refractivity contribution >= 4 is 22.2 Å². The molecule has 0 fully saturated rings. The van der Waals surface area contributed by atoms with Crippen LogP contribution in [-0.4, -0.2) is 6.29 Å². The number of rotatable bonds is 3. The van der Waals surface area contributed by atoms with Crippen LogP contribution in [-0.2, 0) is 6.42 Å². The van der Waals surface area contributed by atoms with E-state index in [4.69, 9.17) is 4.74 Å². The minimum Gasteiger partial charge on any atom is -0.486 e. The van der Waals surface area contributed by atoms with Crippen molar-refractivity contribution in [2.75, 3.05) is 0 Å². The smallest absolute Gasteiger partial charge is 0.150 e. The number of aryl methyl sites for hydroxylation is 1. The third kappa shape index (κ3) is 2.38. The fourth-order valence-electron chi connectivity index (χ4n) is 2.71. The Labute approximate surface area is 126 Å². The summed E-state index contributed by atoms with van der Waals surface area (Å²) in [6.45, 7) is 1.93. The van der Waals surface area contributed by atoms with E-state index in [0.29, 0.717) is 5.56 Å². The number of fused-ring (bicyclic) bond motifs is 1. The van der Waals surface area contributed by atoms with Gasteiger partial charge >= 0.3 is 0 Å². The summed E-state index contributed by atoms with van der Waals surface area (Å²) in [5.74, 6) is 0.825. The molecular weight excluding hydrogens is 316 g/mol. The van der Waals surface area contributed by atoms with Gasteiger partial charge in [-0.05, 0) is 60.7 Å². The summed E-state index contributed by atoms with van der Waals surface area (Å²) in [5.41, 5.74) is 4.27. The van der Waals surface area contributed by atoms with Crippen LogP contribution in [0.25, 0.3) is 0 Å². The quantitative estimate of drug-likeness (QED) is 0.766. The van der Waals surface area contributed by atoms with Gasteiger partial charge in [0, 0.05) is 10.0 Å². The molecule has 20 heavy (non-hydrogen) atoms. The van der Waals surface area contributed by atoms with Gasteiger partial charge < -0.3 is 4.74 Å². The maximum Gasteiger partial charge on any atom is 0.150 e. The Bertz CT molecular complexity index is 664. The van der Waals surface area contributed by atoms with E-state index >= 15 is 0 Å². The number of carbonyl (C=O) groups is 1. The van der Waals surface area contributed by atoms with E-state index in [1.807, 2.05) is 31.2 Å². The van der Waals surface area contributed by atoms with Gasteiger partial charge in [0.1, 0.15) is 18.1 Å². The third-order valence-corrected chi connectivity index (χ3v) is 4.55. The molecule has 0 spiro atoms. The van der Waals surface area contributed by atoms with E-state index in [9.17, 15) is 4.79 Å². The predicted molar refractivity (Wildman–Crippen MR) is 82.4 cm³/mol. The Balaban J connectivity index is 1.86. The molecule has 0 aliphatic heterocycles. The van der Waals surface area contributed by atoms with Crippen molar-refractivity contribution in [1.82, 2.24) is 0 Å². The average molecular weight is 331 g/mol. The second-order valence-electron chi connectivity index (χ2n) is 5.09. The molecule has 0 saturated heterocycles. The van der Waals surface area contributed by atoms with E-state index in [-0.39, 0.29) is 6.10 Å². The van der Waals surface area contributed by atoms with E-state index in [2.05, 4.69) is 28.1 Å². The molecule has 0 saturated carbocycles. The molecule has 0 amide bonds. The topological polar surface area (TPSA) is 26.3 Å². The van der Waals surface area contributed by atoms with Crippen LogP contribution in [0, 0.1) is 6.92 Å². The Morgan fingerprint density at radius 2 is 2.15 bits per heavy atom. The van der Waals surface area contributed by atoms with Crippen LogP contribution in [0.1, 0.15) is 39.6 Å². The number of carbonyl (C=O) groups excluding carboxylic acids is 1. The van der Waals surface area contributed by atoms with Gasteiger partial charge in [-0.1, -0.05) is 28.1 Å². The lowest BCUT2D eigenvalue weighted by Crippen LogP contribution is -2.04. The summed E-state index contributed by atoms with van der Waals surface area (Å²) in [6, 6.07) is 11.9. The van der Waals surface area contributed by atoms with Gasteiger partial charge in [-0.2, -0.15) is 0 Å². The molecule has 1 aliphatic rings. The molecule has 0 radical (unpaired) electrons. The molecule has 102 valence electrons. The van der Waals surface area contributed by atoms with Crippen molar-refractivity contribution in [3.63, 3.8) is 0 Å². The van der Waals surface area contributed by atoms with Gasteiger partial charge in [0.25, 0.3) is 0 Å². The third-order valence-electron chi connectivity index (χ3n) is 3.81. The minimum absolute atomic E-state index is 0.101. The first-order chi connectivity index (χ1) is 9.69. The van der Waals surface area contributed by atoms with Crippen molar-refractivity contribution in [2.45, 2.75) is 25.9 Å². The van der Waals surface area contributed by atoms with Gasteiger partial charge in [0.05, 0.1) is 0 Å². The predicted octanol–water partition coefficient (Wildman–Crippen LogP) is 4.64. The summed E-state index contributed by atoms with van der Waals surface area (Å²) < 4.78 is 7.26. The molecule has 1 unspecified atom stereocenters. The normalized spacial score (nSPS) is 16.8. The molecule has 2 aromatic rings. The number of halogens is 1. The van der Waals surface area contributed by atoms with Gasteiger partial charge in [-0.3, -0.25) is 4.79 Å². The highest BCUT2D eigenvalue weighted by Gasteiger charge is 2.25. The Morgan fingerprint density at radius 1 is 1.30 bits per heavy atom. The molecule has 2 nitrogen and oxygen atoms in total. The van der Waals surface area contributed by atoms with Crippen LogP contribution in [0.2, 0.25) is 0 Å². The molecule has 3 heteroatoms. The van der Waals surface area contributed by atoms with Gasteiger partial charge in [0.15, 0.2) is 0 Å². The molecule has 0 aromatic heterocycles. The second-order valence-corrected chi connectivity index (χ2v) is 5.94. The van der Waals surface area contributed by atoms with E-state index in [0.717, 1.165) is 34.9 Å². The first-order valence-corrected chi connectivity index (χ1v) is 7.48. The first-order valence-electron chi connectivity index (χ1n) is 6.69. The van der Waals surface area contributed by atoms with Crippen LogP contribution in [0.5, 0.6) is 5.75 Å². The number of benzene rings is 2. The van der Waals surface area contributed by atoms with Crippen LogP contribution >= 0.6 is 15.9 Å². The Morgan fingerprint density at radius 3 is 2.90 bits per heavy atom. The molecule has 1 aliphatic carbocycles. The van der Waals surface area contributed by atoms with Gasteiger partial charge in [0.2, 0.25) is 0 Å². The van der Waals surface area contributed by atoms with Crippen molar-refractivity contribution in [3.05, 3.63) is 63.1 Å². The van der Waals surface area contributed by atoms with E-state index in [1.54, 1.807) is 0 Å². The Hall–Kier alpha value is -1.61. The van der Waals surface area contributed by atoms with Crippen LogP contribution < -0.4 is 4.74 Å². The number of hydrogen-bond acceptors (Lipinski definition) is 2.